The van der Waals surface area contributed by atoms with Crippen LogP contribution in [0.5, 0.6) is 11.5 Å². The fourth-order valence-corrected chi connectivity index (χ4v) is 6.05. The first-order valence-electron chi connectivity index (χ1n) is 7.90. The van der Waals surface area contributed by atoms with Gasteiger partial charge in [-0.25, -0.2) is 0 Å². The number of rotatable bonds is 4. The summed E-state index contributed by atoms with van der Waals surface area (Å²) in [6, 6.07) is 12.0. The monoisotopic (exact) mass is 492 g/mol. The van der Waals surface area contributed by atoms with E-state index in [1.807, 2.05) is 0 Å². The van der Waals surface area contributed by atoms with Crippen molar-refractivity contribution in [1.82, 2.24) is 0 Å². The third-order valence-corrected chi connectivity index (χ3v) is 7.13. The van der Waals surface area contributed by atoms with Gasteiger partial charge in [-0.1, -0.05) is 76.7 Å². The Morgan fingerprint density at radius 1 is 0.793 bits per heavy atom. The highest BCUT2D eigenvalue weighted by Crippen LogP contribution is 2.53. The van der Waals surface area contributed by atoms with E-state index in [4.69, 9.17) is 46.4 Å². The van der Waals surface area contributed by atoms with Gasteiger partial charge < -0.3 is 10.2 Å². The van der Waals surface area contributed by atoms with Gasteiger partial charge in [-0.2, -0.15) is 8.42 Å². The highest BCUT2D eigenvalue weighted by atomic mass is 35.5. The van der Waals surface area contributed by atoms with Crippen LogP contribution in [-0.2, 0) is 14.9 Å². The number of phenols is 2. The minimum Gasteiger partial charge on any atom is -0.508 e. The Balaban J connectivity index is 2.64. The van der Waals surface area contributed by atoms with E-state index in [-0.39, 0.29) is 37.5 Å². The Morgan fingerprint density at radius 2 is 1.38 bits per heavy atom. The van der Waals surface area contributed by atoms with Crippen molar-refractivity contribution in [2.24, 2.45) is 0 Å². The van der Waals surface area contributed by atoms with Gasteiger partial charge >= 0.3 is 0 Å². The number of hydrogen-bond donors (Lipinski definition) is 3. The molecule has 29 heavy (non-hydrogen) atoms. The molecule has 5 nitrogen and oxygen atoms in total. The van der Waals surface area contributed by atoms with Gasteiger partial charge in [-0.3, -0.25) is 4.55 Å². The first-order valence-corrected chi connectivity index (χ1v) is 10.9. The quantitative estimate of drug-likeness (QED) is 0.311. The molecule has 3 rings (SSSR count). The summed E-state index contributed by atoms with van der Waals surface area (Å²) in [5, 5.41) is 19.0. The van der Waals surface area contributed by atoms with Crippen LogP contribution >= 0.6 is 46.4 Å². The summed E-state index contributed by atoms with van der Waals surface area (Å²) in [4.78, 5) is 0. The van der Waals surface area contributed by atoms with Gasteiger partial charge in [0.1, 0.15) is 5.75 Å². The maximum absolute atomic E-state index is 13.0. The largest absolute Gasteiger partial charge is 0.508 e. The second kappa shape index (κ2) is 7.87. The van der Waals surface area contributed by atoms with Gasteiger partial charge in [0.05, 0.1) is 10.0 Å². The Morgan fingerprint density at radius 3 is 1.93 bits per heavy atom. The minimum absolute atomic E-state index is 0.0141. The topological polar surface area (TPSA) is 94.8 Å². The van der Waals surface area contributed by atoms with Crippen LogP contribution in [0.15, 0.2) is 54.6 Å². The van der Waals surface area contributed by atoms with Crippen LogP contribution in [0.25, 0.3) is 0 Å². The molecular weight excluding hydrogens is 482 g/mol. The van der Waals surface area contributed by atoms with Gasteiger partial charge in [0.2, 0.25) is 0 Å². The van der Waals surface area contributed by atoms with E-state index in [0.29, 0.717) is 0 Å². The van der Waals surface area contributed by atoms with E-state index in [9.17, 15) is 23.2 Å². The molecule has 1 unspecified atom stereocenters. The van der Waals surface area contributed by atoms with Crippen LogP contribution in [0, 0.1) is 0 Å². The Bertz CT molecular complexity index is 1200. The zero-order valence-electron chi connectivity index (χ0n) is 14.3. The number of phenolic OH excluding ortho intramolecular Hbond substituents is 2. The predicted molar refractivity (Wildman–Crippen MR) is 114 cm³/mol. The highest BCUT2D eigenvalue weighted by Gasteiger charge is 2.52. The maximum atomic E-state index is 13.0. The molecule has 0 aliphatic carbocycles. The van der Waals surface area contributed by atoms with E-state index in [2.05, 4.69) is 0 Å². The molecular formula is C19H12Cl4O5S. The van der Waals surface area contributed by atoms with Crippen molar-refractivity contribution < 1.29 is 23.2 Å². The molecule has 0 fully saturated rings. The second-order valence-electron chi connectivity index (χ2n) is 6.06. The maximum Gasteiger partial charge on any atom is 0.283 e. The summed E-state index contributed by atoms with van der Waals surface area (Å²) in [7, 11) is -5.08. The number of benzene rings is 3. The second-order valence-corrected chi connectivity index (χ2v) is 9.22. The molecule has 10 heteroatoms. The lowest BCUT2D eigenvalue weighted by Gasteiger charge is -2.34. The van der Waals surface area contributed by atoms with Crippen LogP contribution in [0.1, 0.15) is 16.7 Å². The molecule has 0 heterocycles. The summed E-state index contributed by atoms with van der Waals surface area (Å²) in [6.07, 6.45) is 0. The molecule has 152 valence electrons. The van der Waals surface area contributed by atoms with Crippen LogP contribution in [-0.4, -0.2) is 23.2 Å². The zero-order chi connectivity index (χ0) is 21.6. The summed E-state index contributed by atoms with van der Waals surface area (Å²) < 4.78 is 34.1. The van der Waals surface area contributed by atoms with E-state index < -0.39 is 25.6 Å². The fraction of sp³-hybridized carbons (Fsp3) is 0.0526. The third-order valence-electron chi connectivity index (χ3n) is 4.41. The normalized spacial score (nSPS) is 13.8. The third kappa shape index (κ3) is 3.54. The van der Waals surface area contributed by atoms with Crippen molar-refractivity contribution in [3.05, 3.63) is 91.4 Å². The minimum atomic E-state index is -5.08. The van der Waals surface area contributed by atoms with Gasteiger partial charge in [-0.15, -0.1) is 0 Å². The molecule has 0 spiro atoms. The molecule has 0 aliphatic rings. The van der Waals surface area contributed by atoms with Gasteiger partial charge in [0, 0.05) is 21.2 Å². The number of halogens is 4. The van der Waals surface area contributed by atoms with Crippen molar-refractivity contribution in [2.45, 2.75) is 4.75 Å². The highest BCUT2D eigenvalue weighted by molar-refractivity contribution is 7.87. The number of hydrogen-bond acceptors (Lipinski definition) is 4. The lowest BCUT2D eigenvalue weighted by molar-refractivity contribution is 0.455. The van der Waals surface area contributed by atoms with Gasteiger partial charge in [0.25, 0.3) is 10.1 Å². The SMILES string of the molecule is O=S(=O)(O)C(c1ccc(O)cc1)(c1ccccc1Cl)c1c(Cl)cc(Cl)c(O)c1Cl. The molecule has 0 aliphatic heterocycles. The molecule has 0 aromatic heterocycles. The lowest BCUT2D eigenvalue weighted by Crippen LogP contribution is -2.39. The van der Waals surface area contributed by atoms with Crippen molar-refractivity contribution in [3.63, 3.8) is 0 Å². The van der Waals surface area contributed by atoms with Crippen LogP contribution in [0.3, 0.4) is 0 Å². The summed E-state index contributed by atoms with van der Waals surface area (Å²) in [5.74, 6) is -0.764. The lowest BCUT2D eigenvalue weighted by atomic mass is 9.83. The summed E-state index contributed by atoms with van der Waals surface area (Å²) in [6.45, 7) is 0. The van der Waals surface area contributed by atoms with Gasteiger partial charge in [0.15, 0.2) is 10.5 Å². The standard InChI is InChI=1S/C19H12Cl4O5S/c20-13-4-2-1-3-12(13)19(29(26,27)28,10-5-7-11(24)8-6-10)16-14(21)9-15(22)18(25)17(16)23/h1-9,24-25H,(H,26,27,28). The van der Waals surface area contributed by atoms with E-state index in [1.165, 1.54) is 42.5 Å². The average molecular weight is 494 g/mol. The van der Waals surface area contributed by atoms with Gasteiger partial charge in [-0.05, 0) is 29.8 Å². The Hall–Kier alpha value is -1.67. The van der Waals surface area contributed by atoms with Crippen molar-refractivity contribution in [1.29, 1.82) is 0 Å². The molecule has 3 aromatic carbocycles. The summed E-state index contributed by atoms with van der Waals surface area (Å²) in [5.41, 5.74) is -0.444. The molecule has 3 aromatic rings. The molecule has 3 N–H and O–H groups in total. The predicted octanol–water partition coefficient (Wildman–Crippen LogP) is 5.89. The van der Waals surface area contributed by atoms with Crippen LogP contribution in [0.4, 0.5) is 0 Å². The molecule has 0 amide bonds. The van der Waals surface area contributed by atoms with Crippen molar-refractivity contribution in [3.8, 4) is 11.5 Å². The molecule has 1 atom stereocenters. The first-order chi connectivity index (χ1) is 13.5. The van der Waals surface area contributed by atoms with E-state index in [0.717, 1.165) is 6.07 Å². The molecule has 0 saturated heterocycles. The molecule has 0 bridgehead atoms. The van der Waals surface area contributed by atoms with Crippen molar-refractivity contribution in [2.75, 3.05) is 0 Å². The smallest absolute Gasteiger partial charge is 0.283 e. The first kappa shape index (κ1) is 22.0. The zero-order valence-corrected chi connectivity index (χ0v) is 18.1. The van der Waals surface area contributed by atoms with Crippen LogP contribution in [0.2, 0.25) is 20.1 Å². The molecule has 0 saturated carbocycles. The van der Waals surface area contributed by atoms with Crippen molar-refractivity contribution >= 4 is 56.5 Å². The Kier molecular flexibility index (Phi) is 5.98. The summed E-state index contributed by atoms with van der Waals surface area (Å²) >= 11 is 24.9. The van der Waals surface area contributed by atoms with E-state index >= 15 is 0 Å². The Labute approximate surface area is 186 Å². The number of aromatic hydroxyl groups is 2. The molecule has 0 radical (unpaired) electrons. The fourth-order valence-electron chi connectivity index (χ4n) is 3.20. The average Bonchev–Trinajstić information content (AvgIpc) is 2.64. The van der Waals surface area contributed by atoms with Crippen LogP contribution < -0.4 is 0 Å². The van der Waals surface area contributed by atoms with E-state index in [1.54, 1.807) is 6.07 Å².